The zero-order valence-electron chi connectivity index (χ0n) is 15.2. The van der Waals surface area contributed by atoms with Crippen molar-refractivity contribution in [2.45, 2.75) is 24.9 Å². The van der Waals surface area contributed by atoms with Gasteiger partial charge in [0.2, 0.25) is 0 Å². The van der Waals surface area contributed by atoms with Crippen molar-refractivity contribution in [2.24, 2.45) is 0 Å². The molecule has 2 fully saturated rings. The Morgan fingerprint density at radius 3 is 2.54 bits per heavy atom. The summed E-state index contributed by atoms with van der Waals surface area (Å²) < 4.78 is 0. The van der Waals surface area contributed by atoms with Gasteiger partial charge in [-0.1, -0.05) is 54.1 Å². The number of nitrogens with zero attached hydrogens (tertiary/aromatic N) is 2. The number of piperidine rings is 1. The SMILES string of the molecule is O=C(c1ccccc1Cl)N1CCC[C@]2(C1)NC(=O)N(Cc1ccccc1)C2=O. The molecule has 0 unspecified atom stereocenters. The van der Waals surface area contributed by atoms with Crippen LogP contribution in [0.15, 0.2) is 54.6 Å². The van der Waals surface area contributed by atoms with Crippen molar-refractivity contribution in [3.8, 4) is 0 Å². The standard InChI is InChI=1S/C21H20ClN3O3/c22-17-10-5-4-9-16(17)18(26)24-12-6-11-21(14-24)19(27)25(20(28)23-21)13-15-7-2-1-3-8-15/h1-5,7-10H,6,11-14H2,(H,23,28)/t21-/m1/s1. The van der Waals surface area contributed by atoms with E-state index in [1.807, 2.05) is 30.3 Å². The number of carbonyl (C=O) groups is 3. The molecule has 0 bridgehead atoms. The number of carbonyl (C=O) groups excluding carboxylic acids is 3. The number of urea groups is 1. The van der Waals surface area contributed by atoms with Gasteiger partial charge < -0.3 is 10.2 Å². The molecule has 1 N–H and O–H groups in total. The highest BCUT2D eigenvalue weighted by molar-refractivity contribution is 6.33. The van der Waals surface area contributed by atoms with Crippen LogP contribution in [-0.4, -0.2) is 46.3 Å². The molecular formula is C21H20ClN3O3. The topological polar surface area (TPSA) is 69.7 Å². The van der Waals surface area contributed by atoms with Crippen LogP contribution in [0.3, 0.4) is 0 Å². The van der Waals surface area contributed by atoms with Crippen LogP contribution in [0.2, 0.25) is 5.02 Å². The Bertz CT molecular complexity index is 934. The Morgan fingerprint density at radius 2 is 1.79 bits per heavy atom. The van der Waals surface area contributed by atoms with Gasteiger partial charge in [0.25, 0.3) is 11.8 Å². The van der Waals surface area contributed by atoms with Crippen LogP contribution in [0.25, 0.3) is 0 Å². The predicted molar refractivity (Wildman–Crippen MR) is 105 cm³/mol. The molecule has 4 amide bonds. The minimum absolute atomic E-state index is 0.146. The predicted octanol–water partition coefficient (Wildman–Crippen LogP) is 3.07. The molecule has 2 heterocycles. The monoisotopic (exact) mass is 397 g/mol. The lowest BCUT2D eigenvalue weighted by atomic mass is 9.88. The molecule has 2 aliphatic heterocycles. The maximum absolute atomic E-state index is 13.1. The van der Waals surface area contributed by atoms with E-state index in [0.717, 1.165) is 5.56 Å². The molecular weight excluding hydrogens is 378 g/mol. The first-order chi connectivity index (χ1) is 13.5. The molecule has 1 spiro atoms. The molecule has 0 aliphatic carbocycles. The molecule has 28 heavy (non-hydrogen) atoms. The van der Waals surface area contributed by atoms with Gasteiger partial charge in [0.05, 0.1) is 23.7 Å². The first-order valence-electron chi connectivity index (χ1n) is 9.22. The summed E-state index contributed by atoms with van der Waals surface area (Å²) in [6, 6.07) is 15.8. The number of amides is 4. The third-order valence-corrected chi connectivity index (χ3v) is 5.64. The van der Waals surface area contributed by atoms with E-state index in [2.05, 4.69) is 5.32 Å². The van der Waals surface area contributed by atoms with Crippen LogP contribution < -0.4 is 5.32 Å². The molecule has 1 atom stereocenters. The number of likely N-dealkylation sites (tertiary alicyclic amines) is 1. The lowest BCUT2D eigenvalue weighted by Crippen LogP contribution is -2.59. The number of imide groups is 1. The third-order valence-electron chi connectivity index (χ3n) is 5.31. The van der Waals surface area contributed by atoms with E-state index in [0.29, 0.717) is 30.0 Å². The highest BCUT2D eigenvalue weighted by atomic mass is 35.5. The van der Waals surface area contributed by atoms with Gasteiger partial charge in [0, 0.05) is 6.54 Å². The number of hydrogen-bond donors (Lipinski definition) is 1. The Hall–Kier alpha value is -2.86. The smallest absolute Gasteiger partial charge is 0.325 e. The van der Waals surface area contributed by atoms with Gasteiger partial charge in [0.15, 0.2) is 0 Å². The van der Waals surface area contributed by atoms with E-state index in [9.17, 15) is 14.4 Å². The molecule has 0 saturated carbocycles. The van der Waals surface area contributed by atoms with E-state index in [4.69, 9.17) is 11.6 Å². The van der Waals surface area contributed by atoms with Crippen molar-refractivity contribution in [2.75, 3.05) is 13.1 Å². The van der Waals surface area contributed by atoms with Gasteiger partial charge in [-0.2, -0.15) is 0 Å². The lowest BCUT2D eigenvalue weighted by molar-refractivity contribution is -0.133. The first-order valence-corrected chi connectivity index (χ1v) is 9.60. The third kappa shape index (κ3) is 3.24. The van der Waals surface area contributed by atoms with E-state index < -0.39 is 11.6 Å². The molecule has 144 valence electrons. The molecule has 4 rings (SSSR count). The number of halogens is 1. The quantitative estimate of drug-likeness (QED) is 0.809. The van der Waals surface area contributed by atoms with Gasteiger partial charge in [-0.25, -0.2) is 4.79 Å². The number of hydrogen-bond acceptors (Lipinski definition) is 3. The van der Waals surface area contributed by atoms with E-state index in [-0.39, 0.29) is 24.9 Å². The molecule has 7 heteroatoms. The fraction of sp³-hybridized carbons (Fsp3) is 0.286. The highest BCUT2D eigenvalue weighted by Gasteiger charge is 2.53. The molecule has 2 aliphatic rings. The summed E-state index contributed by atoms with van der Waals surface area (Å²) in [6.07, 6.45) is 1.14. The first kappa shape index (κ1) is 18.5. The summed E-state index contributed by atoms with van der Waals surface area (Å²) in [7, 11) is 0. The minimum Gasteiger partial charge on any atom is -0.336 e. The van der Waals surface area contributed by atoms with Crippen molar-refractivity contribution in [1.29, 1.82) is 0 Å². The summed E-state index contributed by atoms with van der Waals surface area (Å²) in [4.78, 5) is 41.4. The normalized spacial score (nSPS) is 21.9. The average molecular weight is 398 g/mol. The summed E-state index contributed by atoms with van der Waals surface area (Å²) >= 11 is 6.16. The second-order valence-electron chi connectivity index (χ2n) is 7.20. The maximum Gasteiger partial charge on any atom is 0.325 e. The molecule has 0 aromatic heterocycles. The van der Waals surface area contributed by atoms with Crippen LogP contribution in [0, 0.1) is 0 Å². The summed E-state index contributed by atoms with van der Waals surface area (Å²) in [5, 5.41) is 3.23. The lowest BCUT2D eigenvalue weighted by Gasteiger charge is -2.38. The van der Waals surface area contributed by atoms with Crippen LogP contribution in [0.4, 0.5) is 4.79 Å². The summed E-state index contributed by atoms with van der Waals surface area (Å²) in [5.41, 5.74) is 0.211. The van der Waals surface area contributed by atoms with Crippen LogP contribution >= 0.6 is 11.6 Å². The average Bonchev–Trinajstić information content (AvgIpc) is 2.92. The molecule has 2 aromatic carbocycles. The Labute approximate surface area is 168 Å². The number of nitrogens with one attached hydrogen (secondary N) is 1. The van der Waals surface area contributed by atoms with Crippen LogP contribution in [-0.2, 0) is 11.3 Å². The zero-order valence-corrected chi connectivity index (χ0v) is 16.0. The second-order valence-corrected chi connectivity index (χ2v) is 7.61. The van der Waals surface area contributed by atoms with Crippen LogP contribution in [0.1, 0.15) is 28.8 Å². The van der Waals surface area contributed by atoms with Gasteiger partial charge in [-0.05, 0) is 30.5 Å². The zero-order chi connectivity index (χ0) is 19.7. The Kier molecular flexibility index (Phi) is 4.81. The molecule has 6 nitrogen and oxygen atoms in total. The van der Waals surface area contributed by atoms with E-state index >= 15 is 0 Å². The van der Waals surface area contributed by atoms with Crippen molar-refractivity contribution >= 4 is 29.4 Å². The maximum atomic E-state index is 13.1. The largest absolute Gasteiger partial charge is 0.336 e. The summed E-state index contributed by atoms with van der Waals surface area (Å²) in [6.45, 7) is 0.881. The van der Waals surface area contributed by atoms with Gasteiger partial charge in [-0.15, -0.1) is 0 Å². The van der Waals surface area contributed by atoms with Crippen molar-refractivity contribution in [3.05, 3.63) is 70.7 Å². The van der Waals surface area contributed by atoms with Gasteiger partial charge in [0.1, 0.15) is 5.54 Å². The number of rotatable bonds is 3. The fourth-order valence-electron chi connectivity index (χ4n) is 3.90. The molecule has 0 radical (unpaired) electrons. The van der Waals surface area contributed by atoms with Gasteiger partial charge >= 0.3 is 6.03 Å². The molecule has 2 aromatic rings. The highest BCUT2D eigenvalue weighted by Crippen LogP contribution is 2.30. The second kappa shape index (κ2) is 7.28. The van der Waals surface area contributed by atoms with E-state index in [1.165, 1.54) is 4.90 Å². The van der Waals surface area contributed by atoms with Crippen molar-refractivity contribution in [3.63, 3.8) is 0 Å². The fourth-order valence-corrected chi connectivity index (χ4v) is 4.11. The van der Waals surface area contributed by atoms with Crippen molar-refractivity contribution < 1.29 is 14.4 Å². The minimum atomic E-state index is -1.07. The molecule has 2 saturated heterocycles. The summed E-state index contributed by atoms with van der Waals surface area (Å²) in [5.74, 6) is -0.508. The Morgan fingerprint density at radius 1 is 1.07 bits per heavy atom. The van der Waals surface area contributed by atoms with E-state index in [1.54, 1.807) is 29.2 Å². The Balaban J connectivity index is 1.55. The number of benzene rings is 2. The van der Waals surface area contributed by atoms with Crippen molar-refractivity contribution in [1.82, 2.24) is 15.1 Å². The van der Waals surface area contributed by atoms with Gasteiger partial charge in [-0.3, -0.25) is 14.5 Å². The van der Waals surface area contributed by atoms with Crippen LogP contribution in [0.5, 0.6) is 0 Å².